The smallest absolute Gasteiger partial charge is 0.329 e. The van der Waals surface area contributed by atoms with Crippen LogP contribution >= 0.6 is 0 Å². The summed E-state index contributed by atoms with van der Waals surface area (Å²) in [6.45, 7) is 4.30. The number of anilines is 1. The normalized spacial score (nSPS) is 12.6. The molecule has 1 N–H and O–H groups in total. The van der Waals surface area contributed by atoms with Crippen LogP contribution in [0, 0.1) is 24.5 Å². The van der Waals surface area contributed by atoms with Gasteiger partial charge in [-0.05, 0) is 24.5 Å². The van der Waals surface area contributed by atoms with E-state index in [2.05, 4.69) is 0 Å². The van der Waals surface area contributed by atoms with Crippen molar-refractivity contribution in [2.45, 2.75) is 26.8 Å². The molecule has 0 aliphatic rings. The van der Waals surface area contributed by atoms with Crippen molar-refractivity contribution in [1.29, 1.82) is 0 Å². The molecule has 0 aliphatic heterocycles. The minimum atomic E-state index is -1.57. The molecular formula is C12H14F3NO2. The zero-order valence-electron chi connectivity index (χ0n) is 10.2. The summed E-state index contributed by atoms with van der Waals surface area (Å²) < 4.78 is 40.8. The summed E-state index contributed by atoms with van der Waals surface area (Å²) in [6.07, 6.45) is 0. The third-order valence-corrected chi connectivity index (χ3v) is 2.61. The van der Waals surface area contributed by atoms with Gasteiger partial charge < -0.3 is 5.11 Å². The molecule has 6 heteroatoms. The van der Waals surface area contributed by atoms with Crippen molar-refractivity contribution in [2.75, 3.05) is 5.12 Å². The maximum atomic E-state index is 13.9. The van der Waals surface area contributed by atoms with Crippen molar-refractivity contribution in [3.63, 3.8) is 0 Å². The first-order valence-corrected chi connectivity index (χ1v) is 5.39. The minimum Gasteiger partial charge on any atom is -0.480 e. The van der Waals surface area contributed by atoms with Gasteiger partial charge in [-0.1, -0.05) is 24.4 Å². The summed E-state index contributed by atoms with van der Waals surface area (Å²) in [5.74, 6) is -4.60. The number of aryl methyl sites for hydroxylation is 1. The van der Waals surface area contributed by atoms with Crippen LogP contribution in [0.2, 0.25) is 0 Å². The second-order valence-corrected chi connectivity index (χ2v) is 4.37. The Kier molecular flexibility index (Phi) is 4.21. The number of hydrogen-bond donors (Lipinski definition) is 1. The molecule has 1 unspecified atom stereocenters. The Labute approximate surface area is 103 Å². The summed E-state index contributed by atoms with van der Waals surface area (Å²) >= 11 is 0. The van der Waals surface area contributed by atoms with E-state index in [0.717, 1.165) is 6.07 Å². The molecule has 0 saturated heterocycles. The Hall–Kier alpha value is -1.72. The van der Waals surface area contributed by atoms with E-state index in [1.54, 1.807) is 0 Å². The molecule has 1 atom stereocenters. The number of benzene rings is 1. The topological polar surface area (TPSA) is 40.5 Å². The second-order valence-electron chi connectivity index (χ2n) is 4.37. The number of rotatable bonds is 4. The molecule has 1 aromatic carbocycles. The minimum absolute atomic E-state index is 0.0288. The molecule has 0 amide bonds. The summed E-state index contributed by atoms with van der Waals surface area (Å²) in [7, 11) is 0. The number of halogens is 3. The SMILES string of the molecule is Cc1ccc(N(F)C(C(=O)O)C(C)C)c(F)c1F. The lowest BCUT2D eigenvalue weighted by Crippen LogP contribution is -2.40. The number of aliphatic carboxylic acids is 1. The van der Waals surface area contributed by atoms with Crippen LogP contribution in [0.15, 0.2) is 12.1 Å². The predicted molar refractivity (Wildman–Crippen MR) is 60.9 cm³/mol. The molecule has 0 fully saturated rings. The van der Waals surface area contributed by atoms with Crippen molar-refractivity contribution in [3.05, 3.63) is 29.3 Å². The molecule has 1 aromatic rings. The van der Waals surface area contributed by atoms with Gasteiger partial charge in [0, 0.05) is 0 Å². The first-order valence-electron chi connectivity index (χ1n) is 5.39. The Balaban J connectivity index is 3.21. The van der Waals surface area contributed by atoms with E-state index in [4.69, 9.17) is 5.11 Å². The fraction of sp³-hybridized carbons (Fsp3) is 0.417. The summed E-state index contributed by atoms with van der Waals surface area (Å²) in [6, 6.07) is 0.646. The van der Waals surface area contributed by atoms with Crippen LogP contribution in [-0.2, 0) is 4.79 Å². The molecule has 0 heterocycles. The average molecular weight is 261 g/mol. The lowest BCUT2D eigenvalue weighted by molar-refractivity contribution is -0.140. The highest BCUT2D eigenvalue weighted by atomic mass is 19.2. The zero-order valence-corrected chi connectivity index (χ0v) is 10.2. The van der Waals surface area contributed by atoms with E-state index in [0.29, 0.717) is 0 Å². The van der Waals surface area contributed by atoms with Gasteiger partial charge >= 0.3 is 5.97 Å². The molecule has 18 heavy (non-hydrogen) atoms. The summed E-state index contributed by atoms with van der Waals surface area (Å²) in [4.78, 5) is 10.9. The first-order chi connectivity index (χ1) is 8.27. The van der Waals surface area contributed by atoms with Gasteiger partial charge in [-0.15, -0.1) is 0 Å². The van der Waals surface area contributed by atoms with E-state index >= 15 is 0 Å². The lowest BCUT2D eigenvalue weighted by Gasteiger charge is -2.25. The average Bonchev–Trinajstić information content (AvgIpc) is 2.24. The number of carbonyl (C=O) groups is 1. The van der Waals surface area contributed by atoms with Crippen LogP contribution in [0.5, 0.6) is 0 Å². The molecule has 0 radical (unpaired) electrons. The summed E-state index contributed by atoms with van der Waals surface area (Å²) in [5, 5.41) is 8.65. The van der Waals surface area contributed by atoms with Crippen LogP contribution in [0.4, 0.5) is 18.9 Å². The van der Waals surface area contributed by atoms with Crippen molar-refractivity contribution < 1.29 is 23.2 Å². The highest BCUT2D eigenvalue weighted by Gasteiger charge is 2.32. The van der Waals surface area contributed by atoms with E-state index in [1.165, 1.54) is 26.8 Å². The Morgan fingerprint density at radius 2 is 1.83 bits per heavy atom. The van der Waals surface area contributed by atoms with Crippen molar-refractivity contribution in [1.82, 2.24) is 0 Å². The Morgan fingerprint density at radius 3 is 2.28 bits per heavy atom. The van der Waals surface area contributed by atoms with Crippen molar-refractivity contribution >= 4 is 11.7 Å². The highest BCUT2D eigenvalue weighted by Crippen LogP contribution is 2.28. The fourth-order valence-corrected chi connectivity index (χ4v) is 1.59. The molecule has 0 bridgehead atoms. The molecule has 1 rings (SSSR count). The Bertz CT molecular complexity index is 463. The van der Waals surface area contributed by atoms with Gasteiger partial charge in [-0.25, -0.2) is 13.6 Å². The quantitative estimate of drug-likeness (QED) is 0.847. The third-order valence-electron chi connectivity index (χ3n) is 2.61. The van der Waals surface area contributed by atoms with E-state index < -0.39 is 35.3 Å². The highest BCUT2D eigenvalue weighted by molar-refractivity contribution is 5.77. The lowest BCUT2D eigenvalue weighted by atomic mass is 10.0. The summed E-state index contributed by atoms with van der Waals surface area (Å²) in [5.41, 5.74) is -0.680. The fourth-order valence-electron chi connectivity index (χ4n) is 1.59. The number of hydrogen-bond acceptors (Lipinski definition) is 2. The first kappa shape index (κ1) is 14.3. The molecular weight excluding hydrogens is 247 g/mol. The van der Waals surface area contributed by atoms with E-state index in [9.17, 15) is 18.1 Å². The predicted octanol–water partition coefficient (Wildman–Crippen LogP) is 3.07. The van der Waals surface area contributed by atoms with Gasteiger partial charge in [0.25, 0.3) is 0 Å². The molecule has 100 valence electrons. The second kappa shape index (κ2) is 5.29. The van der Waals surface area contributed by atoms with Gasteiger partial charge in [0.2, 0.25) is 0 Å². The number of nitrogens with zero attached hydrogens (tertiary/aromatic N) is 1. The molecule has 0 aromatic heterocycles. The van der Waals surface area contributed by atoms with Crippen molar-refractivity contribution in [2.24, 2.45) is 5.92 Å². The van der Waals surface area contributed by atoms with Gasteiger partial charge in [0.15, 0.2) is 17.7 Å². The monoisotopic (exact) mass is 261 g/mol. The van der Waals surface area contributed by atoms with E-state index in [-0.39, 0.29) is 10.7 Å². The third kappa shape index (κ3) is 2.57. The molecule has 0 spiro atoms. The van der Waals surface area contributed by atoms with Crippen LogP contribution in [0.3, 0.4) is 0 Å². The standard InChI is InChI=1S/C12H14F3NO2/c1-6(2)11(12(17)18)16(15)8-5-4-7(3)9(13)10(8)14/h4-6,11H,1-3H3,(H,17,18). The maximum absolute atomic E-state index is 13.9. The van der Waals surface area contributed by atoms with Crippen LogP contribution in [-0.4, -0.2) is 17.1 Å². The van der Waals surface area contributed by atoms with Crippen LogP contribution in [0.1, 0.15) is 19.4 Å². The van der Waals surface area contributed by atoms with E-state index in [1.807, 2.05) is 0 Å². The van der Waals surface area contributed by atoms with Crippen LogP contribution in [0.25, 0.3) is 0 Å². The maximum Gasteiger partial charge on any atom is 0.329 e. The largest absolute Gasteiger partial charge is 0.480 e. The Morgan fingerprint density at radius 1 is 1.28 bits per heavy atom. The number of carboxylic acid groups (broad SMARTS) is 1. The number of carboxylic acids is 1. The molecule has 3 nitrogen and oxygen atoms in total. The van der Waals surface area contributed by atoms with Gasteiger partial charge in [0.1, 0.15) is 5.69 Å². The van der Waals surface area contributed by atoms with Gasteiger partial charge in [-0.2, -0.15) is 5.12 Å². The van der Waals surface area contributed by atoms with Crippen LogP contribution < -0.4 is 5.12 Å². The van der Waals surface area contributed by atoms with Gasteiger partial charge in [0.05, 0.1) is 0 Å². The van der Waals surface area contributed by atoms with Crippen molar-refractivity contribution in [3.8, 4) is 0 Å². The van der Waals surface area contributed by atoms with Gasteiger partial charge in [-0.3, -0.25) is 0 Å². The molecule has 0 saturated carbocycles. The zero-order chi connectivity index (χ0) is 14.0. The molecule has 0 aliphatic carbocycles.